The van der Waals surface area contributed by atoms with Gasteiger partial charge in [0.1, 0.15) is 5.75 Å². The van der Waals surface area contributed by atoms with Crippen molar-refractivity contribution in [2.45, 2.75) is 26.8 Å². The number of methoxy groups -OCH3 is 1. The Hall–Kier alpha value is -2.29. The van der Waals surface area contributed by atoms with E-state index in [9.17, 15) is 4.79 Å². The van der Waals surface area contributed by atoms with Gasteiger partial charge in [-0.05, 0) is 31.0 Å². The Balaban J connectivity index is 2.11. The lowest BCUT2D eigenvalue weighted by Crippen LogP contribution is -2.32. The summed E-state index contributed by atoms with van der Waals surface area (Å²) in [6.45, 7) is 5.44. The van der Waals surface area contributed by atoms with Crippen molar-refractivity contribution >= 4 is 5.91 Å². The summed E-state index contributed by atoms with van der Waals surface area (Å²) >= 11 is 0. The van der Waals surface area contributed by atoms with E-state index in [0.29, 0.717) is 19.5 Å². The molecule has 0 aliphatic rings. The molecule has 0 aromatic heterocycles. The number of carbonyl (C=O) groups is 1. The summed E-state index contributed by atoms with van der Waals surface area (Å²) in [5.41, 5.74) is 3.34. The SMILES string of the molecule is CCN(Cc1ccccc1C)C(=O)Cc1ccccc1OC. The van der Waals surface area contributed by atoms with Gasteiger partial charge in [-0.25, -0.2) is 0 Å². The highest BCUT2D eigenvalue weighted by atomic mass is 16.5. The second kappa shape index (κ2) is 7.64. The molecule has 22 heavy (non-hydrogen) atoms. The van der Waals surface area contributed by atoms with Gasteiger partial charge in [0.05, 0.1) is 13.5 Å². The summed E-state index contributed by atoms with van der Waals surface area (Å²) in [7, 11) is 1.63. The number of hydrogen-bond donors (Lipinski definition) is 0. The predicted octanol–water partition coefficient (Wildman–Crippen LogP) is 3.59. The van der Waals surface area contributed by atoms with Gasteiger partial charge in [-0.1, -0.05) is 42.5 Å². The monoisotopic (exact) mass is 297 g/mol. The smallest absolute Gasteiger partial charge is 0.227 e. The van der Waals surface area contributed by atoms with E-state index in [1.807, 2.05) is 48.2 Å². The van der Waals surface area contributed by atoms with Crippen LogP contribution in [0.15, 0.2) is 48.5 Å². The number of likely N-dealkylation sites (N-methyl/N-ethyl adjacent to an activating group) is 1. The fourth-order valence-corrected chi connectivity index (χ4v) is 2.49. The van der Waals surface area contributed by atoms with Crippen LogP contribution in [0.3, 0.4) is 0 Å². The van der Waals surface area contributed by atoms with Gasteiger partial charge in [0, 0.05) is 18.7 Å². The van der Waals surface area contributed by atoms with Crippen molar-refractivity contribution in [3.63, 3.8) is 0 Å². The molecule has 0 radical (unpaired) electrons. The maximum atomic E-state index is 12.6. The van der Waals surface area contributed by atoms with Crippen LogP contribution < -0.4 is 4.74 Å². The minimum Gasteiger partial charge on any atom is -0.496 e. The highest BCUT2D eigenvalue weighted by Gasteiger charge is 2.15. The molecule has 0 spiro atoms. The second-order valence-electron chi connectivity index (χ2n) is 5.32. The van der Waals surface area contributed by atoms with Crippen molar-refractivity contribution in [3.05, 3.63) is 65.2 Å². The zero-order chi connectivity index (χ0) is 15.9. The van der Waals surface area contributed by atoms with Crippen molar-refractivity contribution in [2.24, 2.45) is 0 Å². The first-order valence-corrected chi connectivity index (χ1v) is 7.60. The Bertz CT molecular complexity index is 637. The van der Waals surface area contributed by atoms with E-state index in [2.05, 4.69) is 19.1 Å². The number of hydrogen-bond acceptors (Lipinski definition) is 2. The Morgan fingerprint density at radius 2 is 1.68 bits per heavy atom. The molecule has 116 valence electrons. The molecule has 3 heteroatoms. The first kappa shape index (κ1) is 16.1. The van der Waals surface area contributed by atoms with E-state index in [4.69, 9.17) is 4.74 Å². The van der Waals surface area contributed by atoms with Crippen LogP contribution in [0.1, 0.15) is 23.6 Å². The van der Waals surface area contributed by atoms with Crippen molar-refractivity contribution in [2.75, 3.05) is 13.7 Å². The lowest BCUT2D eigenvalue weighted by atomic mass is 10.1. The molecule has 3 nitrogen and oxygen atoms in total. The van der Waals surface area contributed by atoms with E-state index in [1.54, 1.807) is 7.11 Å². The van der Waals surface area contributed by atoms with Gasteiger partial charge in [-0.15, -0.1) is 0 Å². The molecular formula is C19H23NO2. The van der Waals surface area contributed by atoms with Gasteiger partial charge >= 0.3 is 0 Å². The summed E-state index contributed by atoms with van der Waals surface area (Å²) in [4.78, 5) is 14.5. The highest BCUT2D eigenvalue weighted by Crippen LogP contribution is 2.19. The average molecular weight is 297 g/mol. The van der Waals surface area contributed by atoms with Gasteiger partial charge in [-0.3, -0.25) is 4.79 Å². The van der Waals surface area contributed by atoms with E-state index in [0.717, 1.165) is 11.3 Å². The Morgan fingerprint density at radius 1 is 1.05 bits per heavy atom. The number of aryl methyl sites for hydroxylation is 1. The number of amides is 1. The number of nitrogens with zero attached hydrogens (tertiary/aromatic N) is 1. The summed E-state index contributed by atoms with van der Waals surface area (Å²) < 4.78 is 5.33. The molecule has 1 amide bonds. The van der Waals surface area contributed by atoms with Gasteiger partial charge in [-0.2, -0.15) is 0 Å². The molecule has 2 aromatic carbocycles. The fourth-order valence-electron chi connectivity index (χ4n) is 2.49. The molecule has 0 fully saturated rings. The molecule has 0 bridgehead atoms. The van der Waals surface area contributed by atoms with Crippen LogP contribution in [0.25, 0.3) is 0 Å². The summed E-state index contributed by atoms with van der Waals surface area (Å²) in [5, 5.41) is 0. The van der Waals surface area contributed by atoms with Gasteiger partial charge in [0.25, 0.3) is 0 Å². The maximum Gasteiger partial charge on any atom is 0.227 e. The minimum atomic E-state index is 0.121. The molecule has 0 unspecified atom stereocenters. The summed E-state index contributed by atoms with van der Waals surface area (Å²) in [5.74, 6) is 0.887. The van der Waals surface area contributed by atoms with Crippen LogP contribution >= 0.6 is 0 Å². The van der Waals surface area contributed by atoms with Crippen LogP contribution in [0.2, 0.25) is 0 Å². The third-order valence-corrected chi connectivity index (χ3v) is 3.89. The molecule has 0 atom stereocenters. The second-order valence-corrected chi connectivity index (χ2v) is 5.32. The zero-order valence-corrected chi connectivity index (χ0v) is 13.5. The van der Waals surface area contributed by atoms with Crippen LogP contribution in [0.5, 0.6) is 5.75 Å². The normalized spacial score (nSPS) is 10.3. The number of ether oxygens (including phenoxy) is 1. The molecular weight excluding hydrogens is 274 g/mol. The number of para-hydroxylation sites is 1. The van der Waals surface area contributed by atoms with Crippen LogP contribution in [-0.2, 0) is 17.8 Å². The molecule has 0 aliphatic carbocycles. The van der Waals surface area contributed by atoms with Gasteiger partial charge in [0.2, 0.25) is 5.91 Å². The number of carbonyl (C=O) groups excluding carboxylic acids is 1. The third-order valence-electron chi connectivity index (χ3n) is 3.89. The van der Waals surface area contributed by atoms with E-state index >= 15 is 0 Å². The lowest BCUT2D eigenvalue weighted by molar-refractivity contribution is -0.130. The molecule has 0 saturated heterocycles. The van der Waals surface area contributed by atoms with E-state index < -0.39 is 0 Å². The first-order chi connectivity index (χ1) is 10.7. The average Bonchev–Trinajstić information content (AvgIpc) is 2.54. The van der Waals surface area contributed by atoms with Gasteiger partial charge < -0.3 is 9.64 Å². The molecule has 0 aliphatic heterocycles. The van der Waals surface area contributed by atoms with Crippen LogP contribution in [0.4, 0.5) is 0 Å². The fraction of sp³-hybridized carbons (Fsp3) is 0.316. The van der Waals surface area contributed by atoms with Crippen molar-refractivity contribution in [1.29, 1.82) is 0 Å². The summed E-state index contributed by atoms with van der Waals surface area (Å²) in [6.07, 6.45) is 0.365. The number of benzene rings is 2. The van der Waals surface area contributed by atoms with E-state index in [1.165, 1.54) is 11.1 Å². The lowest BCUT2D eigenvalue weighted by Gasteiger charge is -2.22. The quantitative estimate of drug-likeness (QED) is 0.815. The topological polar surface area (TPSA) is 29.5 Å². The molecule has 2 aromatic rings. The highest BCUT2D eigenvalue weighted by molar-refractivity contribution is 5.79. The Morgan fingerprint density at radius 3 is 2.32 bits per heavy atom. The number of rotatable bonds is 6. The summed E-state index contributed by atoms with van der Waals surface area (Å²) in [6, 6.07) is 15.9. The van der Waals surface area contributed by atoms with Crippen molar-refractivity contribution in [1.82, 2.24) is 4.90 Å². The zero-order valence-electron chi connectivity index (χ0n) is 13.5. The largest absolute Gasteiger partial charge is 0.496 e. The van der Waals surface area contributed by atoms with Crippen LogP contribution in [-0.4, -0.2) is 24.5 Å². The predicted molar refractivity (Wildman–Crippen MR) is 89.0 cm³/mol. The van der Waals surface area contributed by atoms with Gasteiger partial charge in [0.15, 0.2) is 0 Å². The molecule has 0 saturated carbocycles. The first-order valence-electron chi connectivity index (χ1n) is 7.60. The Kier molecular flexibility index (Phi) is 5.59. The molecule has 2 rings (SSSR count). The third kappa shape index (κ3) is 3.88. The Labute approximate surface area is 132 Å². The van der Waals surface area contributed by atoms with Crippen LogP contribution in [0, 0.1) is 6.92 Å². The standard InChI is InChI=1S/C19H23NO2/c1-4-20(14-17-11-6-5-9-15(17)2)19(21)13-16-10-7-8-12-18(16)22-3/h5-12H,4,13-14H2,1-3H3. The van der Waals surface area contributed by atoms with E-state index in [-0.39, 0.29) is 5.91 Å². The van der Waals surface area contributed by atoms with Crippen molar-refractivity contribution in [3.8, 4) is 5.75 Å². The maximum absolute atomic E-state index is 12.6. The molecule has 0 N–H and O–H groups in total. The molecule has 0 heterocycles. The van der Waals surface area contributed by atoms with Crippen molar-refractivity contribution < 1.29 is 9.53 Å². The minimum absolute atomic E-state index is 0.121.